The first-order valence-corrected chi connectivity index (χ1v) is 14.6. The summed E-state index contributed by atoms with van der Waals surface area (Å²) in [6.45, 7) is 29.7. The van der Waals surface area contributed by atoms with E-state index in [0.717, 1.165) is 17.9 Å². The maximum Gasteiger partial charge on any atom is 0.441 e. The standard InChI is InChI=1S/C30H46O2Si/c1-27(2,3)21-15-19-14-20-16-22(28(4,5)6)18-24(30(10,11)12)26(20)32-33(13)31-25(19)23(17-21)29(7,8)9/h15-18,33H,14H2,1-13H3. The summed E-state index contributed by atoms with van der Waals surface area (Å²) in [5.41, 5.74) is 8.04. The van der Waals surface area contributed by atoms with Gasteiger partial charge in [-0.1, -0.05) is 107 Å². The van der Waals surface area contributed by atoms with E-state index in [2.05, 4.69) is 114 Å². The maximum absolute atomic E-state index is 6.70. The third kappa shape index (κ3) is 5.50. The number of rotatable bonds is 0. The van der Waals surface area contributed by atoms with Crippen LogP contribution in [0.1, 0.15) is 116 Å². The van der Waals surface area contributed by atoms with Crippen LogP contribution in [0.3, 0.4) is 0 Å². The second-order valence-electron chi connectivity index (χ2n) is 14.0. The van der Waals surface area contributed by atoms with Gasteiger partial charge in [0.25, 0.3) is 0 Å². The van der Waals surface area contributed by atoms with E-state index in [0.29, 0.717) is 0 Å². The molecule has 0 radical (unpaired) electrons. The predicted molar refractivity (Wildman–Crippen MR) is 145 cm³/mol. The van der Waals surface area contributed by atoms with Gasteiger partial charge < -0.3 is 8.85 Å². The molecule has 0 saturated heterocycles. The number of hydrogen-bond donors (Lipinski definition) is 0. The third-order valence-electron chi connectivity index (χ3n) is 6.63. The maximum atomic E-state index is 6.70. The largest absolute Gasteiger partial charge is 0.514 e. The van der Waals surface area contributed by atoms with Crippen LogP contribution < -0.4 is 8.85 Å². The van der Waals surface area contributed by atoms with E-state index >= 15 is 0 Å². The molecular formula is C30H46O2Si. The van der Waals surface area contributed by atoms with E-state index in [9.17, 15) is 0 Å². The normalized spacial score (nSPS) is 15.7. The lowest BCUT2D eigenvalue weighted by Crippen LogP contribution is -2.32. The van der Waals surface area contributed by atoms with Gasteiger partial charge in [0.15, 0.2) is 0 Å². The molecule has 1 aliphatic rings. The van der Waals surface area contributed by atoms with Crippen LogP contribution in [0, 0.1) is 0 Å². The monoisotopic (exact) mass is 466 g/mol. The average molecular weight is 467 g/mol. The topological polar surface area (TPSA) is 18.5 Å². The van der Waals surface area contributed by atoms with Gasteiger partial charge in [0.2, 0.25) is 0 Å². The fourth-order valence-electron chi connectivity index (χ4n) is 4.46. The molecule has 0 aromatic heterocycles. The van der Waals surface area contributed by atoms with Gasteiger partial charge in [0, 0.05) is 6.42 Å². The highest BCUT2D eigenvalue weighted by Crippen LogP contribution is 2.44. The molecule has 0 saturated carbocycles. The average Bonchev–Trinajstić information content (AvgIpc) is 2.58. The van der Waals surface area contributed by atoms with Crippen LogP contribution in [-0.4, -0.2) is 9.28 Å². The Bertz CT molecular complexity index is 954. The summed E-state index contributed by atoms with van der Waals surface area (Å²) in [4.78, 5) is 0. The quantitative estimate of drug-likeness (QED) is 0.365. The van der Waals surface area contributed by atoms with Gasteiger partial charge >= 0.3 is 9.28 Å². The third-order valence-corrected chi connectivity index (χ3v) is 7.76. The van der Waals surface area contributed by atoms with Gasteiger partial charge in [-0.15, -0.1) is 0 Å². The Hall–Kier alpha value is -1.74. The van der Waals surface area contributed by atoms with Gasteiger partial charge in [-0.25, -0.2) is 0 Å². The molecule has 3 heteroatoms. The van der Waals surface area contributed by atoms with Crippen molar-refractivity contribution in [2.24, 2.45) is 0 Å². The van der Waals surface area contributed by atoms with Crippen molar-refractivity contribution in [3.05, 3.63) is 57.6 Å². The van der Waals surface area contributed by atoms with Crippen LogP contribution in [0.15, 0.2) is 24.3 Å². The molecule has 0 N–H and O–H groups in total. The van der Waals surface area contributed by atoms with Crippen LogP contribution in [0.25, 0.3) is 0 Å². The minimum Gasteiger partial charge on any atom is -0.514 e. The lowest BCUT2D eigenvalue weighted by atomic mass is 9.76. The minimum atomic E-state index is -1.96. The van der Waals surface area contributed by atoms with E-state index in [1.807, 2.05) is 0 Å². The van der Waals surface area contributed by atoms with Gasteiger partial charge in [0.05, 0.1) is 0 Å². The zero-order chi connectivity index (χ0) is 25.1. The first kappa shape index (κ1) is 25.9. The van der Waals surface area contributed by atoms with Crippen molar-refractivity contribution in [3.63, 3.8) is 0 Å². The number of benzene rings is 2. The van der Waals surface area contributed by atoms with Crippen LogP contribution >= 0.6 is 0 Å². The van der Waals surface area contributed by atoms with Gasteiger partial charge in [-0.05, 0) is 61.6 Å². The zero-order valence-corrected chi connectivity index (χ0v) is 24.6. The molecule has 1 heterocycles. The molecule has 2 aromatic carbocycles. The zero-order valence-electron chi connectivity index (χ0n) is 23.4. The van der Waals surface area contributed by atoms with Crippen molar-refractivity contribution < 1.29 is 8.85 Å². The summed E-state index contributed by atoms with van der Waals surface area (Å²) in [6.07, 6.45) is 0.825. The van der Waals surface area contributed by atoms with Gasteiger partial charge in [-0.3, -0.25) is 0 Å². The molecule has 0 bridgehead atoms. The Kier molecular flexibility index (Phi) is 6.42. The van der Waals surface area contributed by atoms with Crippen LogP contribution in [0.4, 0.5) is 0 Å². The van der Waals surface area contributed by atoms with Crippen molar-refractivity contribution in [2.75, 3.05) is 0 Å². The molecule has 1 aliphatic heterocycles. The van der Waals surface area contributed by atoms with Gasteiger partial charge in [0.1, 0.15) is 11.5 Å². The molecule has 2 aromatic rings. The van der Waals surface area contributed by atoms with Crippen LogP contribution in [-0.2, 0) is 28.1 Å². The summed E-state index contributed by atoms with van der Waals surface area (Å²) < 4.78 is 13.4. The molecule has 0 amide bonds. The van der Waals surface area contributed by atoms with Crippen molar-refractivity contribution in [2.45, 2.75) is 118 Å². The van der Waals surface area contributed by atoms with E-state index in [1.54, 1.807) is 0 Å². The first-order valence-electron chi connectivity index (χ1n) is 12.5. The lowest BCUT2D eigenvalue weighted by molar-refractivity contribution is 0.399. The van der Waals surface area contributed by atoms with E-state index in [1.165, 1.54) is 33.4 Å². The SMILES string of the molecule is C[SiH]1Oc2c(cc(C(C)(C)C)cc2C(C)(C)C)Cc2cc(C(C)(C)C)cc(C(C)(C)C)c2O1. The lowest BCUT2D eigenvalue weighted by Gasteiger charge is -2.35. The Balaban J connectivity index is 2.36. The van der Waals surface area contributed by atoms with Crippen molar-refractivity contribution in [1.29, 1.82) is 0 Å². The van der Waals surface area contributed by atoms with Crippen molar-refractivity contribution in [3.8, 4) is 11.5 Å². The molecule has 0 spiro atoms. The second kappa shape index (κ2) is 8.18. The van der Waals surface area contributed by atoms with E-state index in [-0.39, 0.29) is 21.7 Å². The highest BCUT2D eigenvalue weighted by Gasteiger charge is 2.33. The Labute approximate surface area is 205 Å². The Morgan fingerprint density at radius 1 is 0.545 bits per heavy atom. The Morgan fingerprint density at radius 2 is 0.879 bits per heavy atom. The highest BCUT2D eigenvalue weighted by atomic mass is 28.3. The van der Waals surface area contributed by atoms with Gasteiger partial charge in [-0.2, -0.15) is 0 Å². The second-order valence-corrected chi connectivity index (χ2v) is 15.6. The summed E-state index contributed by atoms with van der Waals surface area (Å²) in [5.74, 6) is 2.11. The summed E-state index contributed by atoms with van der Waals surface area (Å²) in [7, 11) is -1.96. The number of fused-ring (bicyclic) bond motifs is 2. The molecule has 0 aliphatic carbocycles. The van der Waals surface area contributed by atoms with Crippen LogP contribution in [0.5, 0.6) is 11.5 Å². The molecule has 0 fully saturated rings. The first-order chi connectivity index (χ1) is 14.8. The molecule has 0 atom stereocenters. The summed E-state index contributed by atoms with van der Waals surface area (Å²) in [5, 5.41) is 0. The fraction of sp³-hybridized carbons (Fsp3) is 0.600. The molecule has 0 unspecified atom stereocenters. The molecular weight excluding hydrogens is 420 g/mol. The molecule has 2 nitrogen and oxygen atoms in total. The summed E-state index contributed by atoms with van der Waals surface area (Å²) >= 11 is 0. The van der Waals surface area contributed by atoms with E-state index in [4.69, 9.17) is 8.85 Å². The Morgan fingerprint density at radius 3 is 1.15 bits per heavy atom. The number of hydrogen-bond acceptors (Lipinski definition) is 2. The molecule has 33 heavy (non-hydrogen) atoms. The van der Waals surface area contributed by atoms with E-state index < -0.39 is 9.28 Å². The van der Waals surface area contributed by atoms with Crippen molar-refractivity contribution in [1.82, 2.24) is 0 Å². The minimum absolute atomic E-state index is 0.00861. The highest BCUT2D eigenvalue weighted by molar-refractivity contribution is 6.44. The summed E-state index contributed by atoms with van der Waals surface area (Å²) in [6, 6.07) is 9.52. The molecule has 3 rings (SSSR count). The molecule has 182 valence electrons. The fourth-order valence-corrected chi connectivity index (χ4v) is 5.73. The van der Waals surface area contributed by atoms with Crippen molar-refractivity contribution >= 4 is 9.28 Å². The smallest absolute Gasteiger partial charge is 0.441 e. The van der Waals surface area contributed by atoms with Crippen LogP contribution in [0.2, 0.25) is 6.55 Å². The predicted octanol–water partition coefficient (Wildman–Crippen LogP) is 8.09.